The van der Waals surface area contributed by atoms with Gasteiger partial charge in [0.2, 0.25) is 0 Å². The summed E-state index contributed by atoms with van der Waals surface area (Å²) in [5.41, 5.74) is 0.791. The lowest BCUT2D eigenvalue weighted by Crippen LogP contribution is -2.38. The summed E-state index contributed by atoms with van der Waals surface area (Å²) in [5.74, 6) is -0.00906. The van der Waals surface area contributed by atoms with Gasteiger partial charge < -0.3 is 10.4 Å². The van der Waals surface area contributed by atoms with Crippen molar-refractivity contribution in [3.05, 3.63) is 29.8 Å². The van der Waals surface area contributed by atoms with E-state index in [2.05, 4.69) is 10.3 Å². The zero-order valence-corrected chi connectivity index (χ0v) is 11.2. The van der Waals surface area contributed by atoms with Gasteiger partial charge in [-0.3, -0.25) is 4.98 Å². The summed E-state index contributed by atoms with van der Waals surface area (Å²) in [6, 6.07) is 1.44. The number of aliphatic hydroxyl groups is 1. The number of pyridine rings is 1. The van der Waals surface area contributed by atoms with Crippen molar-refractivity contribution in [1.29, 1.82) is 0 Å². The van der Waals surface area contributed by atoms with Crippen LogP contribution < -0.4 is 5.32 Å². The lowest BCUT2D eigenvalue weighted by Gasteiger charge is -2.24. The molecule has 17 heavy (non-hydrogen) atoms. The summed E-state index contributed by atoms with van der Waals surface area (Å²) < 4.78 is 13.0. The molecule has 0 aliphatic rings. The molecule has 98 valence electrons. The van der Waals surface area contributed by atoms with Crippen LogP contribution in [0.25, 0.3) is 0 Å². The highest BCUT2D eigenvalue weighted by atomic mass is 35.5. The normalized spacial score (nSPS) is 14.2. The maximum absolute atomic E-state index is 13.0. The first-order chi connectivity index (χ1) is 7.54. The Kier molecular flexibility index (Phi) is 7.27. The topological polar surface area (TPSA) is 45.1 Å². The molecule has 0 fully saturated rings. The molecule has 0 bridgehead atoms. The highest BCUT2D eigenvalue weighted by Crippen LogP contribution is 2.14. The fourth-order valence-corrected chi connectivity index (χ4v) is 1.54. The first-order valence-electron chi connectivity index (χ1n) is 5.52. The number of nitrogens with one attached hydrogen (secondary N) is 1. The molecule has 0 aliphatic heterocycles. The maximum Gasteiger partial charge on any atom is 0.141 e. The number of hydrogen-bond donors (Lipinski definition) is 2. The molecule has 0 radical (unpaired) electrons. The third-order valence-electron chi connectivity index (χ3n) is 2.69. The molecule has 0 aromatic carbocycles. The van der Waals surface area contributed by atoms with Gasteiger partial charge in [0.25, 0.3) is 0 Å². The second-order valence-electron chi connectivity index (χ2n) is 4.36. The second kappa shape index (κ2) is 7.58. The molecule has 1 heterocycles. The first-order valence-corrected chi connectivity index (χ1v) is 5.52. The summed E-state index contributed by atoms with van der Waals surface area (Å²) >= 11 is 0. The molecule has 0 saturated heterocycles. The summed E-state index contributed by atoms with van der Waals surface area (Å²) in [5, 5.41) is 12.4. The van der Waals surface area contributed by atoms with E-state index in [4.69, 9.17) is 0 Å². The van der Waals surface area contributed by atoms with Crippen LogP contribution in [-0.2, 0) is 0 Å². The van der Waals surface area contributed by atoms with Crippen LogP contribution in [0.1, 0.15) is 32.4 Å². The van der Waals surface area contributed by atoms with Gasteiger partial charge in [-0.2, -0.15) is 0 Å². The van der Waals surface area contributed by atoms with Gasteiger partial charge in [-0.15, -0.1) is 12.4 Å². The highest BCUT2D eigenvalue weighted by Gasteiger charge is 2.16. The lowest BCUT2D eigenvalue weighted by atomic mass is 10.0. The molecule has 1 aromatic rings. The maximum atomic E-state index is 13.0. The van der Waals surface area contributed by atoms with Crippen LogP contribution in [-0.4, -0.2) is 22.7 Å². The molecule has 0 saturated carbocycles. The highest BCUT2D eigenvalue weighted by molar-refractivity contribution is 5.85. The van der Waals surface area contributed by atoms with Gasteiger partial charge in [0, 0.05) is 18.3 Å². The average molecular weight is 263 g/mol. The van der Waals surface area contributed by atoms with Gasteiger partial charge in [-0.05, 0) is 24.5 Å². The molecule has 3 nitrogen and oxygen atoms in total. The molecule has 0 spiro atoms. The third-order valence-corrected chi connectivity index (χ3v) is 2.69. The Labute approximate surface area is 108 Å². The number of aromatic nitrogens is 1. The van der Waals surface area contributed by atoms with E-state index in [1.54, 1.807) is 6.20 Å². The van der Waals surface area contributed by atoms with E-state index in [-0.39, 0.29) is 36.9 Å². The van der Waals surface area contributed by atoms with Gasteiger partial charge in [0.1, 0.15) is 5.82 Å². The predicted octanol–water partition coefficient (Wildman–Crippen LogP) is 2.31. The summed E-state index contributed by atoms with van der Waals surface area (Å²) in [6.07, 6.45) is 2.82. The zero-order chi connectivity index (χ0) is 12.1. The van der Waals surface area contributed by atoms with Gasteiger partial charge in [-0.25, -0.2) is 4.39 Å². The molecule has 5 heteroatoms. The largest absolute Gasteiger partial charge is 0.395 e. The molecule has 0 amide bonds. The van der Waals surface area contributed by atoms with E-state index in [0.29, 0.717) is 5.92 Å². The zero-order valence-electron chi connectivity index (χ0n) is 10.4. The Morgan fingerprint density at radius 1 is 1.35 bits per heavy atom. The van der Waals surface area contributed by atoms with Crippen molar-refractivity contribution in [2.24, 2.45) is 5.92 Å². The van der Waals surface area contributed by atoms with Crippen molar-refractivity contribution < 1.29 is 9.50 Å². The minimum Gasteiger partial charge on any atom is -0.395 e. The number of aliphatic hydroxyl groups excluding tert-OH is 1. The second-order valence-corrected chi connectivity index (χ2v) is 4.36. The van der Waals surface area contributed by atoms with Gasteiger partial charge in [-0.1, -0.05) is 13.8 Å². The Morgan fingerprint density at radius 3 is 2.47 bits per heavy atom. The number of rotatable bonds is 5. The minimum absolute atomic E-state index is 0. The van der Waals surface area contributed by atoms with Gasteiger partial charge in [0.15, 0.2) is 0 Å². The van der Waals surface area contributed by atoms with Crippen LogP contribution in [0.2, 0.25) is 0 Å². The standard InChI is InChI=1S/C12H19FN2O.ClH/c1-8(2)12(7-16)15-9(3)10-4-11(13)6-14-5-10;/h4-6,8-9,12,15-16H,7H2,1-3H3;1H. The molecule has 1 rings (SSSR count). The van der Waals surface area contributed by atoms with Crippen molar-refractivity contribution in [2.75, 3.05) is 6.61 Å². The van der Waals surface area contributed by atoms with Crippen molar-refractivity contribution >= 4 is 12.4 Å². The molecule has 1 aromatic heterocycles. The summed E-state index contributed by atoms with van der Waals surface area (Å²) in [6.45, 7) is 6.07. The van der Waals surface area contributed by atoms with E-state index >= 15 is 0 Å². The number of hydrogen-bond acceptors (Lipinski definition) is 3. The summed E-state index contributed by atoms with van der Waals surface area (Å²) in [4.78, 5) is 3.81. The number of halogens is 2. The molecule has 0 aliphatic carbocycles. The Balaban J connectivity index is 0.00000256. The lowest BCUT2D eigenvalue weighted by molar-refractivity contribution is 0.201. The predicted molar refractivity (Wildman–Crippen MR) is 68.7 cm³/mol. The van der Waals surface area contributed by atoms with Crippen LogP contribution in [0.5, 0.6) is 0 Å². The fraction of sp³-hybridized carbons (Fsp3) is 0.583. The van der Waals surface area contributed by atoms with Crippen molar-refractivity contribution in [3.8, 4) is 0 Å². The van der Waals surface area contributed by atoms with Gasteiger partial charge >= 0.3 is 0 Å². The van der Waals surface area contributed by atoms with Crippen LogP contribution in [0.3, 0.4) is 0 Å². The molecule has 2 atom stereocenters. The smallest absolute Gasteiger partial charge is 0.141 e. The van der Waals surface area contributed by atoms with Crippen LogP contribution >= 0.6 is 12.4 Å². The van der Waals surface area contributed by atoms with E-state index in [1.807, 2.05) is 20.8 Å². The average Bonchev–Trinajstić information content (AvgIpc) is 2.25. The van der Waals surface area contributed by atoms with E-state index in [0.717, 1.165) is 5.56 Å². The quantitative estimate of drug-likeness (QED) is 0.856. The monoisotopic (exact) mass is 262 g/mol. The van der Waals surface area contributed by atoms with Crippen LogP contribution in [0.4, 0.5) is 4.39 Å². The Hall–Kier alpha value is -0.710. The van der Waals surface area contributed by atoms with Gasteiger partial charge in [0.05, 0.1) is 12.8 Å². The fourth-order valence-electron chi connectivity index (χ4n) is 1.54. The van der Waals surface area contributed by atoms with Crippen molar-refractivity contribution in [1.82, 2.24) is 10.3 Å². The first kappa shape index (κ1) is 16.3. The summed E-state index contributed by atoms with van der Waals surface area (Å²) in [7, 11) is 0. The molecular formula is C12H20ClFN2O. The third kappa shape index (κ3) is 4.98. The Morgan fingerprint density at radius 2 is 2.00 bits per heavy atom. The molecule has 2 N–H and O–H groups in total. The Bertz CT molecular complexity index is 336. The number of nitrogens with zero attached hydrogens (tertiary/aromatic N) is 1. The van der Waals surface area contributed by atoms with E-state index < -0.39 is 0 Å². The van der Waals surface area contributed by atoms with Crippen molar-refractivity contribution in [2.45, 2.75) is 32.9 Å². The van der Waals surface area contributed by atoms with Crippen molar-refractivity contribution in [3.63, 3.8) is 0 Å². The molecule has 2 unspecified atom stereocenters. The SMILES string of the molecule is CC(NC(CO)C(C)C)c1cncc(F)c1.Cl. The van der Waals surface area contributed by atoms with E-state index in [1.165, 1.54) is 12.3 Å². The van der Waals surface area contributed by atoms with Crippen LogP contribution in [0.15, 0.2) is 18.5 Å². The molecular weight excluding hydrogens is 243 g/mol. The minimum atomic E-state index is -0.337. The van der Waals surface area contributed by atoms with E-state index in [9.17, 15) is 9.50 Å². The van der Waals surface area contributed by atoms with Crippen LogP contribution in [0, 0.1) is 11.7 Å².